The minimum absolute atomic E-state index is 0.0279. The molecule has 10 heteroatoms. The number of benzene rings is 3. The van der Waals surface area contributed by atoms with E-state index >= 15 is 0 Å². The zero-order valence-electron chi connectivity index (χ0n) is 21.0. The normalized spacial score (nSPS) is 11.6. The van der Waals surface area contributed by atoms with Gasteiger partial charge in [-0.25, -0.2) is 4.39 Å². The van der Waals surface area contributed by atoms with Crippen molar-refractivity contribution in [3.8, 4) is 23.0 Å². The number of hydrogen-bond donors (Lipinski definition) is 1. The first-order chi connectivity index (χ1) is 18.1. The van der Waals surface area contributed by atoms with Gasteiger partial charge in [0.1, 0.15) is 0 Å². The second-order valence-corrected chi connectivity index (χ2v) is 7.78. The van der Waals surface area contributed by atoms with Gasteiger partial charge < -0.3 is 24.3 Å². The Kier molecular flexibility index (Phi) is 9.01. The highest BCUT2D eigenvalue weighted by Gasteiger charge is 2.30. The molecule has 0 heterocycles. The summed E-state index contributed by atoms with van der Waals surface area (Å²) in [7, 11) is 5.79. The minimum atomic E-state index is -4.49. The number of halogens is 4. The van der Waals surface area contributed by atoms with Crippen LogP contribution in [0.1, 0.15) is 27.0 Å². The first-order valence-electron chi connectivity index (χ1n) is 11.1. The molecular weight excluding hydrogens is 506 g/mol. The molecule has 0 aliphatic rings. The van der Waals surface area contributed by atoms with Crippen molar-refractivity contribution >= 4 is 23.6 Å². The molecule has 0 unspecified atom stereocenters. The summed E-state index contributed by atoms with van der Waals surface area (Å²) in [5, 5.41) is 2.90. The van der Waals surface area contributed by atoms with E-state index < -0.39 is 23.3 Å². The molecule has 3 aromatic rings. The van der Waals surface area contributed by atoms with Gasteiger partial charge in [0.15, 0.2) is 28.8 Å². The first kappa shape index (κ1) is 28.1. The molecule has 38 heavy (non-hydrogen) atoms. The van der Waals surface area contributed by atoms with Crippen LogP contribution in [0.15, 0.2) is 60.8 Å². The van der Waals surface area contributed by atoms with Gasteiger partial charge in [-0.05, 0) is 35.9 Å². The van der Waals surface area contributed by atoms with Gasteiger partial charge in [-0.2, -0.15) is 13.2 Å². The lowest BCUT2D eigenvalue weighted by Gasteiger charge is -2.13. The third-order valence-corrected chi connectivity index (χ3v) is 5.44. The fourth-order valence-corrected chi connectivity index (χ4v) is 3.50. The summed E-state index contributed by atoms with van der Waals surface area (Å²) in [5.41, 5.74) is 0.732. The topological polar surface area (TPSA) is 66.0 Å². The zero-order valence-corrected chi connectivity index (χ0v) is 21.0. The fraction of sp³-hybridized carbons (Fsp3) is 0.179. The van der Waals surface area contributed by atoms with E-state index in [9.17, 15) is 22.4 Å². The maximum atomic E-state index is 14.5. The molecule has 1 N–H and O–H groups in total. The summed E-state index contributed by atoms with van der Waals surface area (Å²) in [4.78, 5) is 12.4. The van der Waals surface area contributed by atoms with E-state index in [-0.39, 0.29) is 11.3 Å². The summed E-state index contributed by atoms with van der Waals surface area (Å²) in [6.45, 7) is 0. The number of allylic oxidation sites excluding steroid dienone is 1. The van der Waals surface area contributed by atoms with E-state index in [0.29, 0.717) is 34.1 Å². The Morgan fingerprint density at radius 2 is 1.42 bits per heavy atom. The van der Waals surface area contributed by atoms with E-state index in [4.69, 9.17) is 18.9 Å². The van der Waals surface area contributed by atoms with Gasteiger partial charge in [-0.3, -0.25) is 4.79 Å². The molecule has 0 atom stereocenters. The molecule has 6 nitrogen and oxygen atoms in total. The van der Waals surface area contributed by atoms with Gasteiger partial charge in [0, 0.05) is 35.2 Å². The molecule has 0 spiro atoms. The highest BCUT2D eigenvalue weighted by molar-refractivity contribution is 6.04. The lowest BCUT2D eigenvalue weighted by Crippen LogP contribution is -2.05. The van der Waals surface area contributed by atoms with Crippen molar-refractivity contribution in [1.82, 2.24) is 0 Å². The number of anilines is 1. The summed E-state index contributed by atoms with van der Waals surface area (Å²) in [5.74, 6) is 0.154. The molecule has 3 aromatic carbocycles. The van der Waals surface area contributed by atoms with Crippen molar-refractivity contribution in [1.29, 1.82) is 0 Å². The molecule has 0 saturated heterocycles. The molecule has 0 bridgehead atoms. The number of carbonyl (C=O) groups excluding carboxylic acids is 1. The second-order valence-electron chi connectivity index (χ2n) is 7.78. The predicted molar refractivity (Wildman–Crippen MR) is 137 cm³/mol. The molecule has 0 aromatic heterocycles. The van der Waals surface area contributed by atoms with Crippen LogP contribution in [0.25, 0.3) is 12.2 Å². The Labute approximate surface area is 217 Å². The van der Waals surface area contributed by atoms with E-state index in [1.165, 1.54) is 46.8 Å². The SMILES string of the molecule is COc1cc(NC=CC(=O)c2ccc(C(F)(F)F)cc2)c(C=Cc2cc(OC)c(OC)c(OC)c2)cc1F. The monoisotopic (exact) mass is 531 g/mol. The highest BCUT2D eigenvalue weighted by atomic mass is 19.4. The van der Waals surface area contributed by atoms with Crippen molar-refractivity contribution in [2.45, 2.75) is 6.18 Å². The van der Waals surface area contributed by atoms with Gasteiger partial charge in [0.05, 0.1) is 34.0 Å². The van der Waals surface area contributed by atoms with Crippen LogP contribution in [-0.2, 0) is 6.18 Å². The Morgan fingerprint density at radius 3 is 1.95 bits per heavy atom. The average molecular weight is 532 g/mol. The van der Waals surface area contributed by atoms with Gasteiger partial charge in [-0.1, -0.05) is 24.3 Å². The summed E-state index contributed by atoms with van der Waals surface area (Å²) < 4.78 is 73.8. The van der Waals surface area contributed by atoms with Gasteiger partial charge >= 0.3 is 6.18 Å². The number of alkyl halides is 3. The second kappa shape index (κ2) is 12.2. The van der Waals surface area contributed by atoms with Gasteiger partial charge in [0.25, 0.3) is 0 Å². The van der Waals surface area contributed by atoms with Crippen LogP contribution in [0, 0.1) is 5.82 Å². The molecule has 0 saturated carbocycles. The van der Waals surface area contributed by atoms with Crippen LogP contribution in [0.5, 0.6) is 23.0 Å². The number of carbonyl (C=O) groups is 1. The maximum absolute atomic E-state index is 14.5. The van der Waals surface area contributed by atoms with E-state index in [2.05, 4.69) is 5.32 Å². The maximum Gasteiger partial charge on any atom is 0.416 e. The summed E-state index contributed by atoms with van der Waals surface area (Å²) >= 11 is 0. The highest BCUT2D eigenvalue weighted by Crippen LogP contribution is 2.39. The van der Waals surface area contributed by atoms with Crippen LogP contribution in [0.3, 0.4) is 0 Å². The van der Waals surface area contributed by atoms with Crippen LogP contribution in [0.2, 0.25) is 0 Å². The third-order valence-electron chi connectivity index (χ3n) is 5.44. The number of ether oxygens (including phenoxy) is 4. The predicted octanol–water partition coefficient (Wildman–Crippen LogP) is 6.86. The quantitative estimate of drug-likeness (QED) is 0.134. The number of rotatable bonds is 10. The van der Waals surface area contributed by atoms with Crippen LogP contribution >= 0.6 is 0 Å². The van der Waals surface area contributed by atoms with Crippen molar-refractivity contribution < 1.29 is 41.3 Å². The Balaban J connectivity index is 1.87. The van der Waals surface area contributed by atoms with Crippen molar-refractivity contribution in [2.75, 3.05) is 33.8 Å². The van der Waals surface area contributed by atoms with Crippen LogP contribution in [0.4, 0.5) is 23.2 Å². The molecule has 0 aliphatic carbocycles. The molecule has 3 rings (SSSR count). The van der Waals surface area contributed by atoms with Crippen LogP contribution < -0.4 is 24.3 Å². The van der Waals surface area contributed by atoms with Gasteiger partial charge in [-0.15, -0.1) is 0 Å². The zero-order chi connectivity index (χ0) is 27.9. The average Bonchev–Trinajstić information content (AvgIpc) is 2.91. The smallest absolute Gasteiger partial charge is 0.416 e. The Bertz CT molecular complexity index is 1320. The van der Waals surface area contributed by atoms with Gasteiger partial charge in [0.2, 0.25) is 5.75 Å². The number of nitrogens with one attached hydrogen (secondary N) is 1. The van der Waals surface area contributed by atoms with E-state index in [0.717, 1.165) is 30.3 Å². The van der Waals surface area contributed by atoms with Crippen molar-refractivity contribution in [3.63, 3.8) is 0 Å². The molecule has 0 fully saturated rings. The molecule has 0 amide bonds. The Hall–Kier alpha value is -4.47. The van der Waals surface area contributed by atoms with Crippen molar-refractivity contribution in [3.05, 3.63) is 88.9 Å². The lowest BCUT2D eigenvalue weighted by atomic mass is 10.1. The minimum Gasteiger partial charge on any atom is -0.494 e. The third kappa shape index (κ3) is 6.64. The number of hydrogen-bond acceptors (Lipinski definition) is 6. The molecular formula is C28H25F4NO5. The standard InChI is InChI=1S/C28H25F4NO5/c1-35-24-16-22(33-12-11-23(34)18-7-9-20(10-8-18)28(30,31)32)19(15-21(24)29)6-5-17-13-25(36-2)27(38-4)26(14-17)37-3/h5-16,33H,1-4H3. The lowest BCUT2D eigenvalue weighted by molar-refractivity contribution is -0.137. The largest absolute Gasteiger partial charge is 0.494 e. The molecule has 0 radical (unpaired) electrons. The number of ketones is 1. The van der Waals surface area contributed by atoms with Crippen molar-refractivity contribution in [2.24, 2.45) is 0 Å². The number of methoxy groups -OCH3 is 4. The van der Waals surface area contributed by atoms with Crippen LogP contribution in [-0.4, -0.2) is 34.2 Å². The molecule has 200 valence electrons. The molecule has 0 aliphatic heterocycles. The fourth-order valence-electron chi connectivity index (χ4n) is 3.50. The summed E-state index contributed by atoms with van der Waals surface area (Å²) in [6.07, 6.45) is 1.31. The first-order valence-corrected chi connectivity index (χ1v) is 11.1. The van der Waals surface area contributed by atoms with E-state index in [1.807, 2.05) is 0 Å². The Morgan fingerprint density at radius 1 is 0.816 bits per heavy atom. The van der Waals surface area contributed by atoms with E-state index in [1.54, 1.807) is 24.3 Å². The summed E-state index contributed by atoms with van der Waals surface area (Å²) in [6, 6.07) is 9.97.